The smallest absolute Gasteiger partial charge is 0.234 e. The summed E-state index contributed by atoms with van der Waals surface area (Å²) >= 11 is 0. The summed E-state index contributed by atoms with van der Waals surface area (Å²) in [6, 6.07) is -0.440. The number of carbonyl (C=O) groups is 2. The summed E-state index contributed by atoms with van der Waals surface area (Å²) in [5.41, 5.74) is 6.35. The summed E-state index contributed by atoms with van der Waals surface area (Å²) < 4.78 is 0. The van der Waals surface area contributed by atoms with E-state index in [2.05, 4.69) is 17.5 Å². The third-order valence-electron chi connectivity index (χ3n) is 2.77. The molecule has 94 valence electrons. The van der Waals surface area contributed by atoms with Crippen LogP contribution in [-0.2, 0) is 9.59 Å². The van der Waals surface area contributed by atoms with Crippen molar-refractivity contribution >= 4 is 11.7 Å². The van der Waals surface area contributed by atoms with Gasteiger partial charge in [0.2, 0.25) is 5.91 Å². The van der Waals surface area contributed by atoms with Gasteiger partial charge in [-0.1, -0.05) is 25.2 Å². The second-order valence-corrected chi connectivity index (χ2v) is 4.11. The standard InChI is InChI=1S/C13H20N2O2/c1-2-12(16)11(15-13(17)9-14)8-10-6-4-3-5-7-10/h4,6-7,11H,2-3,5,8-9,14H2,1H3,(H,15,17). The number of allylic oxidation sites excluding steroid dienone is 3. The third-order valence-corrected chi connectivity index (χ3v) is 2.77. The summed E-state index contributed by atoms with van der Waals surface area (Å²) in [6.07, 6.45) is 9.27. The lowest BCUT2D eigenvalue weighted by Gasteiger charge is -2.18. The second kappa shape index (κ2) is 7.01. The van der Waals surface area contributed by atoms with Crippen LogP contribution in [0.3, 0.4) is 0 Å². The summed E-state index contributed by atoms with van der Waals surface area (Å²) in [5, 5.41) is 2.68. The van der Waals surface area contributed by atoms with Crippen LogP contribution in [0, 0.1) is 0 Å². The number of amides is 1. The van der Waals surface area contributed by atoms with Gasteiger partial charge in [0.15, 0.2) is 5.78 Å². The normalized spacial score (nSPS) is 16.2. The van der Waals surface area contributed by atoms with Gasteiger partial charge in [-0.3, -0.25) is 9.59 Å². The van der Waals surface area contributed by atoms with Crippen LogP contribution in [0.15, 0.2) is 23.8 Å². The first kappa shape index (κ1) is 13.6. The molecule has 0 radical (unpaired) electrons. The molecule has 0 aromatic carbocycles. The van der Waals surface area contributed by atoms with Gasteiger partial charge in [0.1, 0.15) is 0 Å². The van der Waals surface area contributed by atoms with Gasteiger partial charge in [0, 0.05) is 6.42 Å². The average Bonchev–Trinajstić information content (AvgIpc) is 2.38. The van der Waals surface area contributed by atoms with Crippen LogP contribution in [0.4, 0.5) is 0 Å². The molecule has 0 fully saturated rings. The van der Waals surface area contributed by atoms with Gasteiger partial charge in [-0.2, -0.15) is 0 Å². The average molecular weight is 236 g/mol. The van der Waals surface area contributed by atoms with Crippen molar-refractivity contribution in [1.82, 2.24) is 5.32 Å². The Bertz CT molecular complexity index is 345. The van der Waals surface area contributed by atoms with E-state index in [0.717, 1.165) is 18.4 Å². The maximum Gasteiger partial charge on any atom is 0.234 e. The lowest BCUT2D eigenvalue weighted by Crippen LogP contribution is -2.43. The molecule has 17 heavy (non-hydrogen) atoms. The number of nitrogens with two attached hydrogens (primary N) is 1. The maximum atomic E-state index is 11.7. The predicted octanol–water partition coefficient (Wildman–Crippen LogP) is 1.08. The molecule has 0 spiro atoms. The minimum Gasteiger partial charge on any atom is -0.345 e. The molecule has 1 aliphatic rings. The van der Waals surface area contributed by atoms with E-state index in [1.54, 1.807) is 6.92 Å². The number of hydrogen-bond donors (Lipinski definition) is 2. The molecule has 4 nitrogen and oxygen atoms in total. The largest absolute Gasteiger partial charge is 0.345 e. The fourth-order valence-electron chi connectivity index (χ4n) is 1.80. The number of hydrogen-bond acceptors (Lipinski definition) is 3. The van der Waals surface area contributed by atoms with Gasteiger partial charge in [0.05, 0.1) is 12.6 Å². The van der Waals surface area contributed by atoms with Crippen molar-refractivity contribution in [3.63, 3.8) is 0 Å². The zero-order valence-electron chi connectivity index (χ0n) is 10.2. The molecule has 0 saturated heterocycles. The predicted molar refractivity (Wildman–Crippen MR) is 67.4 cm³/mol. The molecule has 0 aromatic heterocycles. The van der Waals surface area contributed by atoms with Gasteiger partial charge in [0.25, 0.3) is 0 Å². The zero-order valence-corrected chi connectivity index (χ0v) is 10.2. The minimum absolute atomic E-state index is 0.0478. The maximum absolute atomic E-state index is 11.7. The number of Topliss-reactive ketones (excluding diaryl/α,β-unsaturated/α-hetero) is 1. The molecule has 1 atom stereocenters. The van der Waals surface area contributed by atoms with Crippen molar-refractivity contribution in [2.45, 2.75) is 38.6 Å². The Hall–Kier alpha value is -1.42. The van der Waals surface area contributed by atoms with Crippen LogP contribution in [-0.4, -0.2) is 24.3 Å². The number of carbonyl (C=O) groups excluding carboxylic acids is 2. The monoisotopic (exact) mass is 236 g/mol. The zero-order chi connectivity index (χ0) is 12.7. The molecule has 0 aliphatic heterocycles. The fraction of sp³-hybridized carbons (Fsp3) is 0.538. The first-order chi connectivity index (χ1) is 8.17. The molecular formula is C13H20N2O2. The summed E-state index contributed by atoms with van der Waals surface area (Å²) in [6.45, 7) is 1.72. The first-order valence-electron chi connectivity index (χ1n) is 6.05. The van der Waals surface area contributed by atoms with E-state index >= 15 is 0 Å². The molecule has 3 N–H and O–H groups in total. The van der Waals surface area contributed by atoms with E-state index in [0.29, 0.717) is 12.8 Å². The van der Waals surface area contributed by atoms with E-state index in [1.807, 2.05) is 6.08 Å². The topological polar surface area (TPSA) is 72.2 Å². The van der Waals surface area contributed by atoms with Crippen molar-refractivity contribution in [3.8, 4) is 0 Å². The molecule has 1 aliphatic carbocycles. The van der Waals surface area contributed by atoms with Gasteiger partial charge < -0.3 is 11.1 Å². The summed E-state index contributed by atoms with van der Waals surface area (Å²) in [4.78, 5) is 23.0. The quantitative estimate of drug-likeness (QED) is 0.724. The van der Waals surface area contributed by atoms with Crippen molar-refractivity contribution in [2.24, 2.45) is 5.73 Å². The van der Waals surface area contributed by atoms with E-state index in [-0.39, 0.29) is 18.2 Å². The molecule has 4 heteroatoms. The van der Waals surface area contributed by atoms with Crippen LogP contribution in [0.2, 0.25) is 0 Å². The lowest BCUT2D eigenvalue weighted by atomic mass is 9.97. The lowest BCUT2D eigenvalue weighted by molar-refractivity contribution is -0.126. The summed E-state index contributed by atoms with van der Waals surface area (Å²) in [7, 11) is 0. The van der Waals surface area contributed by atoms with Crippen LogP contribution in [0.1, 0.15) is 32.6 Å². The van der Waals surface area contributed by atoms with Crippen molar-refractivity contribution in [3.05, 3.63) is 23.8 Å². The Kier molecular flexibility index (Phi) is 5.63. The Labute approximate surface area is 102 Å². The molecule has 1 amide bonds. The number of rotatable bonds is 6. The summed E-state index contributed by atoms with van der Waals surface area (Å²) in [5.74, 6) is -0.233. The van der Waals surface area contributed by atoms with Gasteiger partial charge >= 0.3 is 0 Å². The second-order valence-electron chi connectivity index (χ2n) is 4.11. The van der Waals surface area contributed by atoms with E-state index in [1.165, 1.54) is 0 Å². The molecule has 1 unspecified atom stereocenters. The molecule has 0 aromatic rings. The van der Waals surface area contributed by atoms with Crippen molar-refractivity contribution in [1.29, 1.82) is 0 Å². The first-order valence-corrected chi connectivity index (χ1v) is 6.05. The van der Waals surface area contributed by atoms with Crippen molar-refractivity contribution in [2.75, 3.05) is 6.54 Å². The van der Waals surface area contributed by atoms with Crippen LogP contribution >= 0.6 is 0 Å². The Morgan fingerprint density at radius 1 is 1.47 bits per heavy atom. The molecule has 1 rings (SSSR count). The highest BCUT2D eigenvalue weighted by Crippen LogP contribution is 2.15. The van der Waals surface area contributed by atoms with Gasteiger partial charge in [-0.25, -0.2) is 0 Å². The van der Waals surface area contributed by atoms with Crippen LogP contribution in [0.5, 0.6) is 0 Å². The molecule has 0 saturated carbocycles. The van der Waals surface area contributed by atoms with E-state index in [9.17, 15) is 9.59 Å². The molecular weight excluding hydrogens is 216 g/mol. The van der Waals surface area contributed by atoms with E-state index < -0.39 is 6.04 Å². The molecule has 0 bridgehead atoms. The Morgan fingerprint density at radius 2 is 2.24 bits per heavy atom. The SMILES string of the molecule is CCC(=O)C(CC1=CCCC=C1)NC(=O)CN. The highest BCUT2D eigenvalue weighted by atomic mass is 16.2. The number of ketones is 1. The fourth-order valence-corrected chi connectivity index (χ4v) is 1.80. The van der Waals surface area contributed by atoms with Gasteiger partial charge in [-0.15, -0.1) is 0 Å². The number of nitrogens with one attached hydrogen (secondary N) is 1. The molecule has 0 heterocycles. The van der Waals surface area contributed by atoms with Crippen LogP contribution < -0.4 is 11.1 Å². The third kappa shape index (κ3) is 4.53. The van der Waals surface area contributed by atoms with Crippen LogP contribution in [0.25, 0.3) is 0 Å². The Morgan fingerprint density at radius 3 is 2.76 bits per heavy atom. The minimum atomic E-state index is -0.440. The van der Waals surface area contributed by atoms with E-state index in [4.69, 9.17) is 5.73 Å². The highest BCUT2D eigenvalue weighted by molar-refractivity contribution is 5.89. The van der Waals surface area contributed by atoms with Gasteiger partial charge in [-0.05, 0) is 24.8 Å². The highest BCUT2D eigenvalue weighted by Gasteiger charge is 2.19. The van der Waals surface area contributed by atoms with Crippen molar-refractivity contribution < 1.29 is 9.59 Å². The Balaban J connectivity index is 2.63.